The first kappa shape index (κ1) is 17.7. The third kappa shape index (κ3) is 4.65. The second kappa shape index (κ2) is 8.24. The minimum absolute atomic E-state index is 0.159. The van der Waals surface area contributed by atoms with E-state index in [-0.39, 0.29) is 6.04 Å². The number of hydrogen-bond acceptors (Lipinski definition) is 3. The molecule has 0 aliphatic rings. The Morgan fingerprint density at radius 3 is 2.00 bits per heavy atom. The van der Waals surface area contributed by atoms with Gasteiger partial charge in [-0.2, -0.15) is 0 Å². The van der Waals surface area contributed by atoms with Gasteiger partial charge in [0.25, 0.3) is 0 Å². The molecule has 3 rings (SSSR count). The lowest BCUT2D eigenvalue weighted by Crippen LogP contribution is -2.10. The van der Waals surface area contributed by atoms with Crippen LogP contribution in [0.5, 0.6) is 0 Å². The number of aliphatic carboxylic acids is 1. The second-order valence-corrected chi connectivity index (χ2v) is 5.55. The van der Waals surface area contributed by atoms with Crippen molar-refractivity contribution in [3.8, 4) is 0 Å². The Morgan fingerprint density at radius 2 is 1.46 bits per heavy atom. The molecule has 24 heavy (non-hydrogen) atoms. The molecule has 4 nitrogen and oxygen atoms in total. The predicted molar refractivity (Wildman–Crippen MR) is 95.6 cm³/mol. The van der Waals surface area contributed by atoms with E-state index in [1.165, 1.54) is 5.56 Å². The molecule has 0 spiro atoms. The Bertz CT molecular complexity index is 800. The van der Waals surface area contributed by atoms with Gasteiger partial charge in [0, 0.05) is 6.04 Å². The van der Waals surface area contributed by atoms with E-state index < -0.39 is 12.1 Å². The summed E-state index contributed by atoms with van der Waals surface area (Å²) in [7, 11) is 0. The van der Waals surface area contributed by atoms with Crippen LogP contribution < -0.4 is 5.73 Å². The first-order valence-electron chi connectivity index (χ1n) is 7.69. The summed E-state index contributed by atoms with van der Waals surface area (Å²) < 4.78 is 0. The molecule has 0 bridgehead atoms. The molecule has 0 heterocycles. The number of rotatable bonds is 3. The van der Waals surface area contributed by atoms with Crippen LogP contribution in [0.1, 0.15) is 30.2 Å². The van der Waals surface area contributed by atoms with Crippen LogP contribution in [0.15, 0.2) is 72.8 Å². The lowest BCUT2D eigenvalue weighted by molar-refractivity contribution is -0.146. The lowest BCUT2D eigenvalue weighted by Gasteiger charge is -2.06. The number of carboxylic acids is 1. The molecule has 0 aliphatic carbocycles. The Labute approximate surface area is 141 Å². The maximum atomic E-state index is 10.6. The van der Waals surface area contributed by atoms with Crippen molar-refractivity contribution in [2.75, 3.05) is 0 Å². The van der Waals surface area contributed by atoms with E-state index in [9.17, 15) is 9.90 Å². The summed E-state index contributed by atoms with van der Waals surface area (Å²) >= 11 is 0. The van der Waals surface area contributed by atoms with Crippen LogP contribution in [0.2, 0.25) is 0 Å². The summed E-state index contributed by atoms with van der Waals surface area (Å²) in [6, 6.07) is 22.9. The van der Waals surface area contributed by atoms with Crippen molar-refractivity contribution in [2.45, 2.75) is 19.1 Å². The normalized spacial score (nSPS) is 12.8. The number of carbonyl (C=O) groups is 1. The van der Waals surface area contributed by atoms with E-state index in [1.807, 2.05) is 61.5 Å². The standard InChI is InChI=1S/C12H10O3.C8H11N/c13-11(12(14)15)10-6-5-8-3-1-2-4-9(8)7-10;1-7(9)8-5-3-2-4-6-8/h1-7,11,13H,(H,14,15);2-7H,9H2,1H3/t11-;7-/m00/s1. The Hall–Kier alpha value is -2.69. The van der Waals surface area contributed by atoms with Crippen molar-refractivity contribution in [3.63, 3.8) is 0 Å². The van der Waals surface area contributed by atoms with Gasteiger partial charge in [-0.1, -0.05) is 66.7 Å². The smallest absolute Gasteiger partial charge is 0.337 e. The summed E-state index contributed by atoms with van der Waals surface area (Å²) in [6.07, 6.45) is -1.45. The fraction of sp³-hybridized carbons (Fsp3) is 0.150. The molecule has 0 radical (unpaired) electrons. The molecule has 0 unspecified atom stereocenters. The lowest BCUT2D eigenvalue weighted by atomic mass is 10.0. The Morgan fingerprint density at radius 1 is 0.875 bits per heavy atom. The summed E-state index contributed by atoms with van der Waals surface area (Å²) in [6.45, 7) is 1.98. The third-order valence-corrected chi connectivity index (χ3v) is 3.65. The van der Waals surface area contributed by atoms with Gasteiger partial charge < -0.3 is 15.9 Å². The zero-order valence-electron chi connectivity index (χ0n) is 13.5. The van der Waals surface area contributed by atoms with Crippen molar-refractivity contribution in [1.82, 2.24) is 0 Å². The molecule has 0 amide bonds. The maximum absolute atomic E-state index is 10.6. The molecule has 0 aliphatic heterocycles. The van der Waals surface area contributed by atoms with Crippen molar-refractivity contribution < 1.29 is 15.0 Å². The van der Waals surface area contributed by atoms with E-state index in [2.05, 4.69) is 0 Å². The van der Waals surface area contributed by atoms with Crippen LogP contribution in [0.25, 0.3) is 10.8 Å². The second-order valence-electron chi connectivity index (χ2n) is 5.55. The number of aliphatic hydroxyl groups excluding tert-OH is 1. The number of fused-ring (bicyclic) bond motifs is 1. The number of hydrogen-bond donors (Lipinski definition) is 3. The van der Waals surface area contributed by atoms with E-state index >= 15 is 0 Å². The van der Waals surface area contributed by atoms with E-state index in [0.29, 0.717) is 5.56 Å². The maximum Gasteiger partial charge on any atom is 0.337 e. The molecule has 4 N–H and O–H groups in total. The molecule has 0 saturated carbocycles. The van der Waals surface area contributed by atoms with Gasteiger partial charge in [-0.25, -0.2) is 4.79 Å². The highest BCUT2D eigenvalue weighted by molar-refractivity contribution is 5.84. The summed E-state index contributed by atoms with van der Waals surface area (Å²) in [5.41, 5.74) is 7.21. The van der Waals surface area contributed by atoms with Crippen LogP contribution in [0.3, 0.4) is 0 Å². The Kier molecular flexibility index (Phi) is 6.07. The topological polar surface area (TPSA) is 83.6 Å². The minimum atomic E-state index is -1.45. The van der Waals surface area contributed by atoms with Crippen molar-refractivity contribution in [2.24, 2.45) is 5.73 Å². The van der Waals surface area contributed by atoms with Gasteiger partial charge in [0.05, 0.1) is 0 Å². The van der Waals surface area contributed by atoms with Crippen LogP contribution in [0.4, 0.5) is 0 Å². The fourth-order valence-corrected chi connectivity index (χ4v) is 2.28. The zero-order valence-corrected chi connectivity index (χ0v) is 13.5. The average Bonchev–Trinajstić information content (AvgIpc) is 2.62. The number of nitrogens with two attached hydrogens (primary N) is 1. The minimum Gasteiger partial charge on any atom is -0.479 e. The van der Waals surface area contributed by atoms with Gasteiger partial charge in [0.15, 0.2) is 6.10 Å². The summed E-state index contributed by atoms with van der Waals surface area (Å²) in [5, 5.41) is 20.0. The van der Waals surface area contributed by atoms with Crippen molar-refractivity contribution in [3.05, 3.63) is 83.9 Å². The SMILES string of the molecule is C[C@H](N)c1ccccc1.O=C(O)[C@@H](O)c1ccc2ccccc2c1. The quantitative estimate of drug-likeness (QED) is 0.687. The zero-order chi connectivity index (χ0) is 17.5. The summed E-state index contributed by atoms with van der Waals surface area (Å²) in [5.74, 6) is -1.23. The molecule has 2 atom stereocenters. The highest BCUT2D eigenvalue weighted by Crippen LogP contribution is 2.20. The molecular formula is C20H21NO3. The largest absolute Gasteiger partial charge is 0.479 e. The van der Waals surface area contributed by atoms with E-state index in [4.69, 9.17) is 10.8 Å². The first-order chi connectivity index (χ1) is 11.5. The molecule has 4 heteroatoms. The van der Waals surface area contributed by atoms with Crippen molar-refractivity contribution in [1.29, 1.82) is 0 Å². The van der Waals surface area contributed by atoms with Crippen LogP contribution in [-0.2, 0) is 4.79 Å². The predicted octanol–water partition coefficient (Wildman–Crippen LogP) is 3.66. The Balaban J connectivity index is 0.000000198. The van der Waals surface area contributed by atoms with Crippen LogP contribution in [-0.4, -0.2) is 16.2 Å². The van der Waals surface area contributed by atoms with Crippen molar-refractivity contribution >= 4 is 16.7 Å². The molecule has 3 aromatic carbocycles. The highest BCUT2D eigenvalue weighted by Gasteiger charge is 2.15. The van der Waals surface area contributed by atoms with Gasteiger partial charge in [0.2, 0.25) is 0 Å². The highest BCUT2D eigenvalue weighted by atomic mass is 16.4. The van der Waals surface area contributed by atoms with Gasteiger partial charge in [0.1, 0.15) is 0 Å². The molecule has 3 aromatic rings. The number of aliphatic hydroxyl groups is 1. The number of carboxylic acid groups (broad SMARTS) is 1. The fourth-order valence-electron chi connectivity index (χ4n) is 2.28. The third-order valence-electron chi connectivity index (χ3n) is 3.65. The monoisotopic (exact) mass is 323 g/mol. The molecule has 0 saturated heterocycles. The molecule has 0 fully saturated rings. The van der Waals surface area contributed by atoms with E-state index in [1.54, 1.807) is 18.2 Å². The van der Waals surface area contributed by atoms with Gasteiger partial charge in [-0.3, -0.25) is 0 Å². The average molecular weight is 323 g/mol. The molecule has 0 aromatic heterocycles. The molecule has 124 valence electrons. The van der Waals surface area contributed by atoms with Gasteiger partial charge in [-0.05, 0) is 34.9 Å². The first-order valence-corrected chi connectivity index (χ1v) is 7.69. The number of benzene rings is 3. The van der Waals surface area contributed by atoms with Crippen LogP contribution in [0, 0.1) is 0 Å². The van der Waals surface area contributed by atoms with E-state index in [0.717, 1.165) is 10.8 Å². The summed E-state index contributed by atoms with van der Waals surface area (Å²) in [4.78, 5) is 10.6. The van der Waals surface area contributed by atoms with Crippen LogP contribution >= 0.6 is 0 Å². The van der Waals surface area contributed by atoms with Gasteiger partial charge in [-0.15, -0.1) is 0 Å². The van der Waals surface area contributed by atoms with Gasteiger partial charge >= 0.3 is 5.97 Å². The molecular weight excluding hydrogens is 302 g/mol.